The lowest BCUT2D eigenvalue weighted by molar-refractivity contribution is 0.387. The number of rotatable bonds is 1. The van der Waals surface area contributed by atoms with Gasteiger partial charge in [-0.15, -0.1) is 0 Å². The molecule has 0 saturated carbocycles. The molecule has 0 aliphatic heterocycles. The minimum Gasteiger partial charge on any atom is -0.494 e. The van der Waals surface area contributed by atoms with Crippen LogP contribution in [-0.2, 0) is 0 Å². The maximum atomic E-state index is 11.5. The Kier molecular flexibility index (Phi) is 2.66. The monoisotopic (exact) mass is 201 g/mol. The first-order chi connectivity index (χ1) is 5.95. The summed E-state index contributed by atoms with van der Waals surface area (Å²) in [6, 6.07) is 1.40. The van der Waals surface area contributed by atoms with E-state index < -0.39 is 0 Å². The summed E-state index contributed by atoms with van der Waals surface area (Å²) >= 11 is 5.75. The van der Waals surface area contributed by atoms with Crippen molar-refractivity contribution in [3.8, 4) is 5.88 Å². The number of aromatic hydroxyl groups is 1. The maximum Gasteiger partial charge on any atom is 0.272 e. The molecule has 1 heterocycles. The second-order valence-electron chi connectivity index (χ2n) is 3.27. The van der Waals surface area contributed by atoms with E-state index in [0.717, 1.165) is 0 Å². The summed E-state index contributed by atoms with van der Waals surface area (Å²) in [5, 5.41) is 9.64. The summed E-state index contributed by atoms with van der Waals surface area (Å²) in [6.07, 6.45) is 0. The standard InChI is InChI=1S/C9H12ClNO2/c1-5(2)11-7(12)4-6(3)8(10)9(11)13/h4-5,12H,1-3H3. The van der Waals surface area contributed by atoms with E-state index in [0.29, 0.717) is 5.56 Å². The number of halogens is 1. The normalized spacial score (nSPS) is 10.8. The van der Waals surface area contributed by atoms with E-state index in [4.69, 9.17) is 11.6 Å². The van der Waals surface area contributed by atoms with Gasteiger partial charge in [0, 0.05) is 12.1 Å². The van der Waals surface area contributed by atoms with Crippen molar-refractivity contribution in [3.63, 3.8) is 0 Å². The first-order valence-electron chi connectivity index (χ1n) is 4.05. The Morgan fingerprint density at radius 2 is 2.08 bits per heavy atom. The molecule has 13 heavy (non-hydrogen) atoms. The summed E-state index contributed by atoms with van der Waals surface area (Å²) < 4.78 is 1.26. The van der Waals surface area contributed by atoms with Crippen LogP contribution in [0.15, 0.2) is 10.9 Å². The van der Waals surface area contributed by atoms with Gasteiger partial charge in [0.15, 0.2) is 5.88 Å². The second kappa shape index (κ2) is 3.42. The Morgan fingerprint density at radius 3 is 2.54 bits per heavy atom. The molecule has 0 fully saturated rings. The third kappa shape index (κ3) is 1.70. The highest BCUT2D eigenvalue weighted by molar-refractivity contribution is 6.31. The van der Waals surface area contributed by atoms with E-state index in [2.05, 4.69) is 0 Å². The van der Waals surface area contributed by atoms with Gasteiger partial charge in [0.25, 0.3) is 5.56 Å². The Bertz CT molecular complexity index is 382. The lowest BCUT2D eigenvalue weighted by Gasteiger charge is -2.13. The smallest absolute Gasteiger partial charge is 0.272 e. The fourth-order valence-corrected chi connectivity index (χ4v) is 1.35. The van der Waals surface area contributed by atoms with Crippen molar-refractivity contribution >= 4 is 11.6 Å². The van der Waals surface area contributed by atoms with Gasteiger partial charge in [0.1, 0.15) is 5.02 Å². The zero-order valence-corrected chi connectivity index (χ0v) is 8.59. The van der Waals surface area contributed by atoms with Gasteiger partial charge in [0.05, 0.1) is 0 Å². The highest BCUT2D eigenvalue weighted by atomic mass is 35.5. The van der Waals surface area contributed by atoms with Crippen LogP contribution in [0.3, 0.4) is 0 Å². The quantitative estimate of drug-likeness (QED) is 0.756. The molecule has 0 amide bonds. The molecule has 0 atom stereocenters. The van der Waals surface area contributed by atoms with Gasteiger partial charge >= 0.3 is 0 Å². The third-order valence-corrected chi connectivity index (χ3v) is 2.32. The van der Waals surface area contributed by atoms with Crippen LogP contribution >= 0.6 is 11.6 Å². The molecule has 0 saturated heterocycles. The van der Waals surface area contributed by atoms with Crippen LogP contribution in [0.4, 0.5) is 0 Å². The van der Waals surface area contributed by atoms with Gasteiger partial charge < -0.3 is 5.11 Å². The summed E-state index contributed by atoms with van der Waals surface area (Å²) in [5.74, 6) is -0.0399. The van der Waals surface area contributed by atoms with Crippen LogP contribution in [0.5, 0.6) is 5.88 Å². The molecule has 4 heteroatoms. The lowest BCUT2D eigenvalue weighted by Crippen LogP contribution is -2.22. The molecule has 0 aromatic carbocycles. The summed E-state index contributed by atoms with van der Waals surface area (Å²) in [6.45, 7) is 5.31. The summed E-state index contributed by atoms with van der Waals surface area (Å²) in [5.41, 5.74) is 0.259. The van der Waals surface area contributed by atoms with Crippen molar-refractivity contribution < 1.29 is 5.11 Å². The molecule has 0 aliphatic rings. The highest BCUT2D eigenvalue weighted by Gasteiger charge is 2.11. The molecular weight excluding hydrogens is 190 g/mol. The zero-order chi connectivity index (χ0) is 10.2. The second-order valence-corrected chi connectivity index (χ2v) is 3.65. The van der Waals surface area contributed by atoms with E-state index in [1.807, 2.05) is 13.8 Å². The maximum absolute atomic E-state index is 11.5. The average molecular weight is 202 g/mol. The van der Waals surface area contributed by atoms with E-state index in [1.165, 1.54) is 10.6 Å². The van der Waals surface area contributed by atoms with Crippen molar-refractivity contribution in [2.75, 3.05) is 0 Å². The molecule has 1 aromatic heterocycles. The molecule has 0 aliphatic carbocycles. The molecule has 0 unspecified atom stereocenters. The van der Waals surface area contributed by atoms with Gasteiger partial charge in [-0.2, -0.15) is 0 Å². The number of hydrogen-bond acceptors (Lipinski definition) is 2. The Labute approximate surface area is 81.6 Å². The van der Waals surface area contributed by atoms with Crippen molar-refractivity contribution in [1.29, 1.82) is 0 Å². The largest absolute Gasteiger partial charge is 0.494 e. The van der Waals surface area contributed by atoms with Crippen molar-refractivity contribution in [1.82, 2.24) is 4.57 Å². The molecular formula is C9H12ClNO2. The van der Waals surface area contributed by atoms with Crippen molar-refractivity contribution in [2.45, 2.75) is 26.8 Å². The van der Waals surface area contributed by atoms with Crippen LogP contribution in [0.1, 0.15) is 25.5 Å². The van der Waals surface area contributed by atoms with E-state index in [-0.39, 0.29) is 22.5 Å². The summed E-state index contributed by atoms with van der Waals surface area (Å²) in [4.78, 5) is 11.5. The predicted molar refractivity (Wildman–Crippen MR) is 52.5 cm³/mol. The number of aryl methyl sites for hydroxylation is 1. The van der Waals surface area contributed by atoms with Crippen molar-refractivity contribution in [2.24, 2.45) is 0 Å². The number of hydrogen-bond donors (Lipinski definition) is 1. The average Bonchev–Trinajstić information content (AvgIpc) is 1.99. The van der Waals surface area contributed by atoms with E-state index in [1.54, 1.807) is 6.92 Å². The van der Waals surface area contributed by atoms with Gasteiger partial charge in [-0.3, -0.25) is 9.36 Å². The van der Waals surface area contributed by atoms with Crippen LogP contribution in [0.25, 0.3) is 0 Å². The first kappa shape index (κ1) is 10.1. The minimum atomic E-state index is -0.339. The number of aromatic nitrogens is 1. The topological polar surface area (TPSA) is 42.2 Å². The SMILES string of the molecule is Cc1cc(O)n(C(C)C)c(=O)c1Cl. The summed E-state index contributed by atoms with van der Waals surface area (Å²) in [7, 11) is 0. The van der Waals surface area contributed by atoms with Crippen LogP contribution < -0.4 is 5.56 Å². The van der Waals surface area contributed by atoms with Crippen LogP contribution in [-0.4, -0.2) is 9.67 Å². The zero-order valence-electron chi connectivity index (χ0n) is 7.84. The van der Waals surface area contributed by atoms with Gasteiger partial charge in [0.2, 0.25) is 0 Å². The molecule has 72 valence electrons. The minimum absolute atomic E-state index is 0.0399. The van der Waals surface area contributed by atoms with E-state index in [9.17, 15) is 9.90 Å². The molecule has 1 rings (SSSR count). The Hall–Kier alpha value is -0.960. The molecule has 1 N–H and O–H groups in total. The van der Waals surface area contributed by atoms with Gasteiger partial charge in [-0.1, -0.05) is 11.6 Å². The molecule has 0 spiro atoms. The highest BCUT2D eigenvalue weighted by Crippen LogP contribution is 2.19. The van der Waals surface area contributed by atoms with E-state index >= 15 is 0 Å². The fourth-order valence-electron chi connectivity index (χ4n) is 1.20. The van der Waals surface area contributed by atoms with Crippen molar-refractivity contribution in [3.05, 3.63) is 27.0 Å². The molecule has 1 aromatic rings. The van der Waals surface area contributed by atoms with Crippen LogP contribution in [0.2, 0.25) is 5.02 Å². The Balaban J connectivity index is 3.54. The van der Waals surface area contributed by atoms with Gasteiger partial charge in [-0.05, 0) is 26.3 Å². The first-order valence-corrected chi connectivity index (χ1v) is 4.43. The predicted octanol–water partition coefficient (Wildman–Crippen LogP) is 2.10. The Morgan fingerprint density at radius 1 is 1.54 bits per heavy atom. The number of pyridine rings is 1. The molecule has 0 bridgehead atoms. The number of nitrogens with zero attached hydrogens (tertiary/aromatic N) is 1. The third-order valence-electron chi connectivity index (χ3n) is 1.86. The lowest BCUT2D eigenvalue weighted by atomic mass is 10.2. The molecule has 0 radical (unpaired) electrons. The van der Waals surface area contributed by atoms with Gasteiger partial charge in [-0.25, -0.2) is 0 Å². The van der Waals surface area contributed by atoms with Crippen LogP contribution in [0, 0.1) is 6.92 Å². The fraction of sp³-hybridized carbons (Fsp3) is 0.444. The molecule has 3 nitrogen and oxygen atoms in total.